The predicted octanol–water partition coefficient (Wildman–Crippen LogP) is 12.3. The van der Waals surface area contributed by atoms with Gasteiger partial charge in [0.05, 0.1) is 35.6 Å². The molecule has 10 aromatic carbocycles. The molecule has 0 aromatic heterocycles. The summed E-state index contributed by atoms with van der Waals surface area (Å²) in [7, 11) is 0. The van der Waals surface area contributed by atoms with Crippen molar-refractivity contribution in [1.29, 1.82) is 0 Å². The highest BCUT2D eigenvalue weighted by Gasteiger charge is 2.15. The molecular formula is C46H30. The lowest BCUT2D eigenvalue weighted by Gasteiger charge is -2.16. The van der Waals surface area contributed by atoms with E-state index in [1.54, 1.807) is 0 Å². The molecule has 0 aliphatic carbocycles. The first-order chi connectivity index (χ1) is 33.6. The molecule has 0 saturated carbocycles. The molecule has 0 saturated heterocycles. The van der Waals surface area contributed by atoms with Crippen LogP contribution in [0.15, 0.2) is 157 Å². The third kappa shape index (κ3) is 3.87. The van der Waals surface area contributed by atoms with E-state index in [0.717, 1.165) is 0 Å². The monoisotopic (exact) mass is 608 g/mol. The summed E-state index contributed by atoms with van der Waals surface area (Å²) in [5.74, 6) is 0. The number of hydrogen-bond acceptors (Lipinski definition) is 0. The minimum absolute atomic E-state index is 0.168. The van der Waals surface area contributed by atoms with Crippen LogP contribution in [0.4, 0.5) is 0 Å². The molecule has 0 unspecified atom stereocenters. The summed E-state index contributed by atoms with van der Waals surface area (Å²) in [6.45, 7) is 0. The van der Waals surface area contributed by atoms with Crippen LogP contribution in [0, 0.1) is 0 Å². The largest absolute Gasteiger partial charge is 0.0632 e. The molecule has 0 aliphatic rings. The molecule has 10 aromatic rings. The molecule has 0 N–H and O–H groups in total. The molecule has 214 valence electrons. The topological polar surface area (TPSA) is 0 Å². The van der Waals surface area contributed by atoms with E-state index in [-0.39, 0.29) is 75.8 Å². The Morgan fingerprint density at radius 1 is 0.348 bits per heavy atom. The molecule has 0 aliphatic heterocycles. The Bertz CT molecular complexity index is 4170. The summed E-state index contributed by atoms with van der Waals surface area (Å²) in [4.78, 5) is 0. The summed E-state index contributed by atoms with van der Waals surface area (Å²) in [5, 5.41) is -3.35. The van der Waals surface area contributed by atoms with Gasteiger partial charge in [-0.25, -0.2) is 0 Å². The van der Waals surface area contributed by atoms with Crippen LogP contribution in [0.5, 0.6) is 0 Å². The molecule has 0 bridgehead atoms. The lowest BCUT2D eigenvalue weighted by Crippen LogP contribution is -1.96. The summed E-state index contributed by atoms with van der Waals surface area (Å²) >= 11 is 0. The van der Waals surface area contributed by atoms with Crippen LogP contribution in [0.1, 0.15) is 57.9 Å². The number of rotatable bonds is 5. The van der Waals surface area contributed by atoms with Gasteiger partial charge in [0.25, 0.3) is 0 Å². The van der Waals surface area contributed by atoms with Crippen molar-refractivity contribution in [2.75, 3.05) is 0 Å². The fraction of sp³-hybridized carbons (Fsp3) is 0.0435. The van der Waals surface area contributed by atoms with E-state index in [4.69, 9.17) is 24.7 Å². The SMILES string of the molecule is [2H]c1c([2H])c([2H])c(-c2c([2H])c([2H])c([2H])c(Cc3c([2H])c([2H])c4c([2H])c([2H])c5c([2H])c([2H])c([2H])c6c([2H])c([2H])c3c4c56)c2[2H])c(Cc2c([2H])c([2H])c3c([2H])c([2H])c4c([2H])c([2H])c([2H])c5c([2H])c([2H])c2c3c45)c1[2H]. The predicted molar refractivity (Wildman–Crippen MR) is 198 cm³/mol. The van der Waals surface area contributed by atoms with E-state index in [9.17, 15) is 11.0 Å². The van der Waals surface area contributed by atoms with E-state index in [2.05, 4.69) is 0 Å². The molecule has 0 amide bonds. The van der Waals surface area contributed by atoms with E-state index in [1.165, 1.54) is 0 Å². The van der Waals surface area contributed by atoms with Crippen LogP contribution in [-0.2, 0) is 12.8 Å². The first-order valence-electron chi connectivity index (χ1n) is 27.2. The van der Waals surface area contributed by atoms with Gasteiger partial charge in [0.15, 0.2) is 0 Å². The van der Waals surface area contributed by atoms with Crippen molar-refractivity contribution in [2.24, 2.45) is 0 Å². The lowest BCUT2D eigenvalue weighted by atomic mass is 9.88. The first kappa shape index (κ1) is 11.0. The normalized spacial score (nSPS) is 20.0. The second-order valence-electron chi connectivity index (χ2n) is 10.8. The Hall–Kier alpha value is -5.72. The van der Waals surface area contributed by atoms with Gasteiger partial charge in [-0.05, 0) is 111 Å². The Morgan fingerprint density at radius 2 is 0.826 bits per heavy atom. The average molecular weight is 609 g/mol. The molecular weight excluding hydrogens is 553 g/mol. The summed E-state index contributed by atoms with van der Waals surface area (Å²) < 4.78 is 233. The van der Waals surface area contributed by atoms with E-state index in [0.29, 0.717) is 0 Å². The van der Waals surface area contributed by atoms with Gasteiger partial charge < -0.3 is 0 Å². The van der Waals surface area contributed by atoms with Gasteiger partial charge >= 0.3 is 0 Å². The second kappa shape index (κ2) is 9.89. The van der Waals surface area contributed by atoms with Crippen LogP contribution >= 0.6 is 0 Å². The Morgan fingerprint density at radius 3 is 1.43 bits per heavy atom. The van der Waals surface area contributed by atoms with Crippen molar-refractivity contribution >= 4 is 64.6 Å². The van der Waals surface area contributed by atoms with Gasteiger partial charge in [0.2, 0.25) is 0 Å². The molecule has 0 radical (unpaired) electrons. The molecule has 10 rings (SSSR count). The Kier molecular flexibility index (Phi) is 2.36. The van der Waals surface area contributed by atoms with Gasteiger partial charge in [-0.3, -0.25) is 0 Å². The summed E-state index contributed by atoms with van der Waals surface area (Å²) in [6, 6.07) is -18.9. The minimum Gasteiger partial charge on any atom is -0.0619 e. The zero-order chi connectivity index (χ0) is 52.8. The fourth-order valence-corrected chi connectivity index (χ4v) is 6.13. The summed E-state index contributed by atoms with van der Waals surface area (Å²) in [6.07, 6.45) is -1.61. The number of benzene rings is 10. The molecule has 0 heteroatoms. The van der Waals surface area contributed by atoms with Crippen molar-refractivity contribution in [3.05, 3.63) is 179 Å². The fourth-order valence-electron chi connectivity index (χ4n) is 6.13. The lowest BCUT2D eigenvalue weighted by molar-refractivity contribution is 1.20. The van der Waals surface area contributed by atoms with Gasteiger partial charge in [0, 0.05) is 0 Å². The highest BCUT2D eigenvalue weighted by atomic mass is 14.2. The molecule has 0 fully saturated rings. The standard InChI is InChI=1S/C46H30/c1-2-13-40(37(7-1)28-39-21-19-35-17-15-31-9-5-11-33-23-25-42(39)46(35)44(31)33)36-12-3-6-29(26-36)27-38-20-18-34-16-14-30-8-4-10-32-22-24-41(38)45(34)43(30)32/h1-26H,27-28H2/i1D,2D,3D,4D,5D,6D,7D,8D,9D,10D,11D,12D,13D,14D,15D,16D,17D,18D,19D,20D,21D,22D,23D,24D,25D,26D. The smallest absolute Gasteiger partial charge is 0.0619 e. The van der Waals surface area contributed by atoms with Crippen LogP contribution in [-0.4, -0.2) is 0 Å². The quantitative estimate of drug-likeness (QED) is 0.171. The minimum atomic E-state index is -0.896. The van der Waals surface area contributed by atoms with E-state index >= 15 is 0 Å². The van der Waals surface area contributed by atoms with Crippen LogP contribution in [0.2, 0.25) is 0 Å². The van der Waals surface area contributed by atoms with Gasteiger partial charge in [0.1, 0.15) is 0 Å². The van der Waals surface area contributed by atoms with E-state index < -0.39 is 192 Å². The maximum Gasteiger partial charge on any atom is 0.0632 e. The zero-order valence-corrected chi connectivity index (χ0v) is 23.4. The highest BCUT2D eigenvalue weighted by Crippen LogP contribution is 2.39. The molecule has 0 heterocycles. The molecule has 0 atom stereocenters. The van der Waals surface area contributed by atoms with Gasteiger partial charge in [-0.1, -0.05) is 157 Å². The maximum absolute atomic E-state index is 9.67. The van der Waals surface area contributed by atoms with Crippen molar-refractivity contribution in [3.8, 4) is 11.1 Å². The van der Waals surface area contributed by atoms with Crippen molar-refractivity contribution in [3.63, 3.8) is 0 Å². The summed E-state index contributed by atoms with van der Waals surface area (Å²) in [5.41, 5.74) is -2.88. The molecule has 0 spiro atoms. The highest BCUT2D eigenvalue weighted by molar-refractivity contribution is 6.24. The number of hydrogen-bond donors (Lipinski definition) is 0. The zero-order valence-electron chi connectivity index (χ0n) is 49.4. The Balaban J connectivity index is 1.29. The third-order valence-corrected chi connectivity index (χ3v) is 8.18. The van der Waals surface area contributed by atoms with Crippen molar-refractivity contribution < 1.29 is 35.6 Å². The Labute approximate surface area is 304 Å². The van der Waals surface area contributed by atoms with Crippen molar-refractivity contribution in [1.82, 2.24) is 0 Å². The van der Waals surface area contributed by atoms with Crippen LogP contribution < -0.4 is 0 Å². The van der Waals surface area contributed by atoms with Crippen LogP contribution in [0.25, 0.3) is 75.8 Å². The third-order valence-electron chi connectivity index (χ3n) is 8.18. The van der Waals surface area contributed by atoms with Gasteiger partial charge in [-0.2, -0.15) is 0 Å². The van der Waals surface area contributed by atoms with E-state index in [1.807, 2.05) is 0 Å². The second-order valence-corrected chi connectivity index (χ2v) is 10.8. The molecule has 46 heavy (non-hydrogen) atoms. The first-order valence-corrected chi connectivity index (χ1v) is 14.2. The molecule has 0 nitrogen and oxygen atoms in total. The van der Waals surface area contributed by atoms with Gasteiger partial charge in [-0.15, -0.1) is 0 Å². The average Bonchev–Trinajstić information content (AvgIpc) is 3.34. The van der Waals surface area contributed by atoms with Crippen LogP contribution in [0.3, 0.4) is 0 Å². The maximum atomic E-state index is 9.67. The van der Waals surface area contributed by atoms with Crippen molar-refractivity contribution in [2.45, 2.75) is 12.8 Å².